The van der Waals surface area contributed by atoms with Gasteiger partial charge in [0.05, 0.1) is 5.41 Å². The maximum Gasteiger partial charge on any atom is 0.409 e. The Morgan fingerprint density at radius 1 is 0.923 bits per heavy atom. The van der Waals surface area contributed by atoms with E-state index < -0.39 is 23.4 Å². The smallest absolute Gasteiger partial charge is 0.409 e. The van der Waals surface area contributed by atoms with E-state index in [9.17, 15) is 14.4 Å². The summed E-state index contributed by atoms with van der Waals surface area (Å²) in [7, 11) is 0. The molecule has 0 heterocycles. The highest BCUT2D eigenvalue weighted by Crippen LogP contribution is 2.25. The molecule has 0 bridgehead atoms. The molecule has 0 aliphatic carbocycles. The number of hydrogen-bond donors (Lipinski definition) is 0. The Morgan fingerprint density at radius 2 is 1.35 bits per heavy atom. The summed E-state index contributed by atoms with van der Waals surface area (Å²) in [5.41, 5.74) is -0.902. The van der Waals surface area contributed by atoms with Crippen LogP contribution in [0.4, 0.5) is 4.79 Å². The van der Waals surface area contributed by atoms with Gasteiger partial charge in [-0.05, 0) is 6.42 Å². The van der Waals surface area contributed by atoms with Crippen molar-refractivity contribution < 1.29 is 28.6 Å². The first-order valence-electron chi connectivity index (χ1n) is 8.00. The molecule has 148 valence electrons. The van der Waals surface area contributed by atoms with E-state index in [1.165, 1.54) is 4.90 Å². The predicted molar refractivity (Wildman–Crippen MR) is 99.4 cm³/mol. The highest BCUT2D eigenvalue weighted by molar-refractivity contribution is 6.18. The maximum absolute atomic E-state index is 12.2. The molecule has 0 spiro atoms. The Kier molecular flexibility index (Phi) is 12.6. The lowest BCUT2D eigenvalue weighted by Gasteiger charge is -2.31. The minimum atomic E-state index is -0.902. The molecule has 0 atom stereocenters. The average Bonchev–Trinajstić information content (AvgIpc) is 2.66. The van der Waals surface area contributed by atoms with Crippen LogP contribution in [0.5, 0.6) is 0 Å². The first-order chi connectivity index (χ1) is 12.4. The first kappa shape index (κ1) is 24.3. The Bertz CT molecular complexity index is 468. The fraction of sp³-hybridized carbons (Fsp3) is 0.588. The molecule has 0 fully saturated rings. The van der Waals surface area contributed by atoms with Crippen LogP contribution in [-0.4, -0.2) is 67.6 Å². The van der Waals surface area contributed by atoms with Crippen LogP contribution < -0.4 is 0 Å². The number of alkyl halides is 2. The quantitative estimate of drug-likeness (QED) is 0.201. The molecule has 0 saturated carbocycles. The monoisotopic (exact) mass is 409 g/mol. The molecule has 0 saturated heterocycles. The summed E-state index contributed by atoms with van der Waals surface area (Å²) in [5.74, 6) is -0.789. The van der Waals surface area contributed by atoms with E-state index in [1.54, 1.807) is 6.92 Å². The highest BCUT2D eigenvalue weighted by Gasteiger charge is 2.34. The molecule has 7 nitrogen and oxygen atoms in total. The van der Waals surface area contributed by atoms with Crippen LogP contribution in [0.3, 0.4) is 0 Å². The third-order valence-corrected chi connectivity index (χ3v) is 3.93. The van der Waals surface area contributed by atoms with Gasteiger partial charge in [-0.3, -0.25) is 0 Å². The number of rotatable bonds is 13. The molecule has 26 heavy (non-hydrogen) atoms. The van der Waals surface area contributed by atoms with E-state index >= 15 is 0 Å². The van der Waals surface area contributed by atoms with Crippen molar-refractivity contribution in [3.63, 3.8) is 0 Å². The lowest BCUT2D eigenvalue weighted by atomic mass is 9.88. The third kappa shape index (κ3) is 9.10. The highest BCUT2D eigenvalue weighted by atomic mass is 35.5. The molecule has 1 amide bonds. The molecular formula is C17H25Cl2NO6. The number of hydrogen-bond acceptors (Lipinski definition) is 6. The van der Waals surface area contributed by atoms with Gasteiger partial charge in [-0.1, -0.05) is 20.1 Å². The van der Waals surface area contributed by atoms with Crippen LogP contribution >= 0.6 is 23.2 Å². The van der Waals surface area contributed by atoms with Gasteiger partial charge in [-0.2, -0.15) is 0 Å². The fourth-order valence-electron chi connectivity index (χ4n) is 1.80. The molecule has 0 aromatic rings. The van der Waals surface area contributed by atoms with Crippen LogP contribution in [0.2, 0.25) is 0 Å². The zero-order chi connectivity index (χ0) is 20.0. The van der Waals surface area contributed by atoms with E-state index in [1.807, 2.05) is 0 Å². The summed E-state index contributed by atoms with van der Waals surface area (Å²) < 4.78 is 15.5. The van der Waals surface area contributed by atoms with Crippen molar-refractivity contribution in [2.75, 3.05) is 44.7 Å². The minimum Gasteiger partial charge on any atom is -0.462 e. The number of nitrogens with zero attached hydrogens (tertiary/aromatic N) is 1. The van der Waals surface area contributed by atoms with Gasteiger partial charge < -0.3 is 19.1 Å². The Balaban J connectivity index is 5.07. The molecule has 9 heteroatoms. The van der Waals surface area contributed by atoms with E-state index in [2.05, 4.69) is 13.2 Å². The van der Waals surface area contributed by atoms with Crippen molar-refractivity contribution in [1.82, 2.24) is 4.90 Å². The molecule has 0 aromatic carbocycles. The lowest BCUT2D eigenvalue weighted by Crippen LogP contribution is -2.42. The molecule has 0 rings (SSSR count). The fourth-order valence-corrected chi connectivity index (χ4v) is 2.21. The van der Waals surface area contributed by atoms with E-state index in [4.69, 9.17) is 37.4 Å². The molecule has 0 N–H and O–H groups in total. The van der Waals surface area contributed by atoms with Gasteiger partial charge in [0.15, 0.2) is 0 Å². The van der Waals surface area contributed by atoms with Crippen molar-refractivity contribution in [3.8, 4) is 0 Å². The minimum absolute atomic E-state index is 0.114. The van der Waals surface area contributed by atoms with E-state index in [-0.39, 0.29) is 44.7 Å². The van der Waals surface area contributed by atoms with Gasteiger partial charge in [-0.15, -0.1) is 23.2 Å². The van der Waals surface area contributed by atoms with Gasteiger partial charge in [-0.25, -0.2) is 14.4 Å². The number of halogens is 2. The van der Waals surface area contributed by atoms with Gasteiger partial charge in [0.2, 0.25) is 0 Å². The number of amides is 1. The van der Waals surface area contributed by atoms with Crippen molar-refractivity contribution >= 4 is 41.2 Å². The Labute approximate surface area is 163 Å². The number of carbonyl (C=O) groups is 3. The van der Waals surface area contributed by atoms with Crippen molar-refractivity contribution in [3.05, 3.63) is 25.3 Å². The number of ether oxygens (including phenoxy) is 3. The maximum atomic E-state index is 12.2. The van der Waals surface area contributed by atoms with Gasteiger partial charge in [0.1, 0.15) is 19.8 Å². The third-order valence-electron chi connectivity index (χ3n) is 3.59. The summed E-state index contributed by atoms with van der Waals surface area (Å²) in [6, 6.07) is 0. The van der Waals surface area contributed by atoms with Crippen molar-refractivity contribution in [2.45, 2.75) is 13.3 Å². The van der Waals surface area contributed by atoms with Crippen LogP contribution in [0.25, 0.3) is 0 Å². The van der Waals surface area contributed by atoms with Crippen LogP contribution in [0.1, 0.15) is 13.3 Å². The summed E-state index contributed by atoms with van der Waals surface area (Å²) in [5, 5.41) is 0. The molecule has 0 unspecified atom stereocenters. The van der Waals surface area contributed by atoms with E-state index in [0.29, 0.717) is 6.42 Å². The molecule has 0 radical (unpaired) electrons. The topological polar surface area (TPSA) is 82.1 Å². The van der Waals surface area contributed by atoms with Crippen molar-refractivity contribution in [1.29, 1.82) is 0 Å². The zero-order valence-corrected chi connectivity index (χ0v) is 16.4. The Morgan fingerprint density at radius 3 is 1.69 bits per heavy atom. The summed E-state index contributed by atoms with van der Waals surface area (Å²) >= 11 is 11.3. The lowest BCUT2D eigenvalue weighted by molar-refractivity contribution is -0.150. The van der Waals surface area contributed by atoms with Gasteiger partial charge in [0, 0.05) is 37.0 Å². The molecule has 0 aliphatic rings. The normalized spacial score (nSPS) is 10.6. The SMILES string of the molecule is C=CC(=O)OCC(CC)(COC(=O)C=C)COC(=O)N(CCCl)CCCl. The second-order valence-corrected chi connectivity index (χ2v) is 6.15. The molecule has 0 aliphatic heterocycles. The standard InChI is InChI=1S/C17H25Cl2NO6/c1-4-14(21)24-11-17(6-3,12-25-15(22)5-2)13-26-16(23)20(9-7-18)10-8-19/h4-5H,1-2,6-13H2,3H3. The average molecular weight is 410 g/mol. The molecule has 0 aromatic heterocycles. The summed E-state index contributed by atoms with van der Waals surface area (Å²) in [6.07, 6.45) is 1.85. The number of carbonyl (C=O) groups excluding carboxylic acids is 3. The predicted octanol–water partition coefficient (Wildman–Crippen LogP) is 2.76. The van der Waals surface area contributed by atoms with E-state index in [0.717, 1.165) is 12.2 Å². The summed E-state index contributed by atoms with van der Waals surface area (Å²) in [4.78, 5) is 36.3. The second-order valence-electron chi connectivity index (χ2n) is 5.40. The largest absolute Gasteiger partial charge is 0.462 e. The second kappa shape index (κ2) is 13.5. The van der Waals surface area contributed by atoms with Crippen LogP contribution in [-0.2, 0) is 23.8 Å². The van der Waals surface area contributed by atoms with Gasteiger partial charge >= 0.3 is 18.0 Å². The van der Waals surface area contributed by atoms with Crippen LogP contribution in [0.15, 0.2) is 25.3 Å². The Hall–Kier alpha value is -1.73. The molecular weight excluding hydrogens is 385 g/mol. The first-order valence-corrected chi connectivity index (χ1v) is 9.07. The summed E-state index contributed by atoms with van der Waals surface area (Å²) in [6.45, 7) is 8.65. The number of esters is 2. The van der Waals surface area contributed by atoms with Crippen LogP contribution in [0, 0.1) is 5.41 Å². The van der Waals surface area contributed by atoms with Crippen molar-refractivity contribution in [2.24, 2.45) is 5.41 Å². The zero-order valence-electron chi connectivity index (χ0n) is 14.9. The van der Waals surface area contributed by atoms with Gasteiger partial charge in [0.25, 0.3) is 0 Å².